The van der Waals surface area contributed by atoms with E-state index in [4.69, 9.17) is 0 Å². The van der Waals surface area contributed by atoms with Crippen LogP contribution in [0.25, 0.3) is 22.2 Å². The van der Waals surface area contributed by atoms with Crippen LogP contribution in [0.5, 0.6) is 0 Å². The van der Waals surface area contributed by atoms with E-state index in [0.29, 0.717) is 18.8 Å². The molecule has 0 spiro atoms. The quantitative estimate of drug-likeness (QED) is 0.758. The average Bonchev–Trinajstić information content (AvgIpc) is 2.67. The lowest BCUT2D eigenvalue weighted by Crippen LogP contribution is -2.42. The number of pyridine rings is 1. The molecule has 132 valence electrons. The van der Waals surface area contributed by atoms with Crippen molar-refractivity contribution >= 4 is 22.8 Å². The van der Waals surface area contributed by atoms with E-state index in [-0.39, 0.29) is 11.9 Å². The van der Waals surface area contributed by atoms with Crippen LogP contribution in [0.2, 0.25) is 0 Å². The number of carbonyl (C=O) groups is 1. The lowest BCUT2D eigenvalue weighted by molar-refractivity contribution is -0.123. The first kappa shape index (κ1) is 16.4. The van der Waals surface area contributed by atoms with E-state index in [9.17, 15) is 4.79 Å². The number of aryl methyl sites for hydroxylation is 1. The van der Waals surface area contributed by atoms with Crippen LogP contribution in [0, 0.1) is 6.92 Å². The maximum atomic E-state index is 11.5. The Hall–Kier alpha value is -3.02. The molecule has 1 aliphatic rings. The normalized spacial score (nSPS) is 17.1. The molecule has 1 unspecified atom stereocenters. The van der Waals surface area contributed by atoms with Crippen LogP contribution in [0.1, 0.15) is 24.8 Å². The maximum Gasteiger partial charge on any atom is 0.220 e. The smallest absolute Gasteiger partial charge is 0.220 e. The predicted molar refractivity (Wildman–Crippen MR) is 102 cm³/mol. The van der Waals surface area contributed by atoms with Crippen molar-refractivity contribution in [2.75, 3.05) is 11.9 Å². The molecule has 26 heavy (non-hydrogen) atoms. The molecule has 0 saturated carbocycles. The standard InChI is InChI=1S/C20H21N5O/c1-13-5-7-14(8-6-13)16-12-24-20(19-18(16)21-9-10-22-19)23-11-15-3-2-4-17(26)25-15/h5-10,12,15H,2-4,11H2,1H3,(H,23,24)(H,25,26). The summed E-state index contributed by atoms with van der Waals surface area (Å²) in [6.45, 7) is 2.70. The molecule has 2 aromatic heterocycles. The topological polar surface area (TPSA) is 79.8 Å². The minimum Gasteiger partial charge on any atom is -0.366 e. The van der Waals surface area contributed by atoms with Gasteiger partial charge in [-0.05, 0) is 25.3 Å². The highest BCUT2D eigenvalue weighted by Gasteiger charge is 2.19. The fraction of sp³-hybridized carbons (Fsp3) is 0.300. The Bertz CT molecular complexity index is 939. The monoisotopic (exact) mass is 347 g/mol. The minimum atomic E-state index is 0.121. The number of fused-ring (bicyclic) bond motifs is 1. The zero-order valence-electron chi connectivity index (χ0n) is 14.7. The summed E-state index contributed by atoms with van der Waals surface area (Å²) in [5.74, 6) is 0.819. The van der Waals surface area contributed by atoms with E-state index in [1.807, 2.05) is 6.20 Å². The lowest BCUT2D eigenvalue weighted by Gasteiger charge is -2.23. The van der Waals surface area contributed by atoms with Crippen LogP contribution < -0.4 is 10.6 Å². The van der Waals surface area contributed by atoms with Crippen molar-refractivity contribution < 1.29 is 4.79 Å². The summed E-state index contributed by atoms with van der Waals surface area (Å²) in [6.07, 6.45) is 7.74. The molecule has 1 saturated heterocycles. The fourth-order valence-corrected chi connectivity index (χ4v) is 3.29. The Balaban J connectivity index is 1.63. The average molecular weight is 347 g/mol. The van der Waals surface area contributed by atoms with Gasteiger partial charge in [0.15, 0.2) is 5.82 Å². The highest BCUT2D eigenvalue weighted by molar-refractivity contribution is 5.96. The van der Waals surface area contributed by atoms with Gasteiger partial charge in [0.2, 0.25) is 5.91 Å². The van der Waals surface area contributed by atoms with Gasteiger partial charge in [0.25, 0.3) is 0 Å². The number of nitrogens with one attached hydrogen (secondary N) is 2. The summed E-state index contributed by atoms with van der Waals surface area (Å²) in [6, 6.07) is 8.43. The fourth-order valence-electron chi connectivity index (χ4n) is 3.29. The summed E-state index contributed by atoms with van der Waals surface area (Å²) >= 11 is 0. The molecule has 6 heteroatoms. The van der Waals surface area contributed by atoms with Gasteiger partial charge in [-0.1, -0.05) is 29.8 Å². The molecule has 1 fully saturated rings. The van der Waals surface area contributed by atoms with Crippen LogP contribution in [0.15, 0.2) is 42.9 Å². The zero-order chi connectivity index (χ0) is 17.9. The summed E-state index contributed by atoms with van der Waals surface area (Å²) in [5, 5.41) is 6.35. The van der Waals surface area contributed by atoms with Crippen molar-refractivity contribution in [3.63, 3.8) is 0 Å². The Morgan fingerprint density at radius 2 is 1.88 bits per heavy atom. The Labute approximate surface area is 152 Å². The van der Waals surface area contributed by atoms with Crippen molar-refractivity contribution in [1.29, 1.82) is 0 Å². The SMILES string of the molecule is Cc1ccc(-c2cnc(NCC3CCCC(=O)N3)c3nccnc23)cc1. The van der Waals surface area contributed by atoms with Crippen LogP contribution in [-0.2, 0) is 4.79 Å². The highest BCUT2D eigenvalue weighted by atomic mass is 16.1. The number of hydrogen-bond acceptors (Lipinski definition) is 5. The first-order valence-corrected chi connectivity index (χ1v) is 8.91. The molecule has 1 amide bonds. The van der Waals surface area contributed by atoms with Gasteiger partial charge >= 0.3 is 0 Å². The second kappa shape index (κ2) is 7.07. The largest absolute Gasteiger partial charge is 0.366 e. The number of benzene rings is 1. The zero-order valence-corrected chi connectivity index (χ0v) is 14.7. The first-order valence-electron chi connectivity index (χ1n) is 8.91. The number of piperidine rings is 1. The molecule has 4 rings (SSSR count). The molecule has 0 bridgehead atoms. The van der Waals surface area contributed by atoms with E-state index in [2.05, 4.69) is 56.8 Å². The second-order valence-electron chi connectivity index (χ2n) is 6.68. The number of aromatic nitrogens is 3. The van der Waals surface area contributed by atoms with Crippen molar-refractivity contribution in [3.8, 4) is 11.1 Å². The summed E-state index contributed by atoms with van der Waals surface area (Å²) in [7, 11) is 0. The summed E-state index contributed by atoms with van der Waals surface area (Å²) in [5.41, 5.74) is 4.81. The molecule has 1 atom stereocenters. The summed E-state index contributed by atoms with van der Waals surface area (Å²) in [4.78, 5) is 25.2. The molecular weight excluding hydrogens is 326 g/mol. The Morgan fingerprint density at radius 3 is 2.65 bits per heavy atom. The third-order valence-corrected chi connectivity index (χ3v) is 4.70. The highest BCUT2D eigenvalue weighted by Crippen LogP contribution is 2.29. The van der Waals surface area contributed by atoms with Crippen molar-refractivity contribution in [1.82, 2.24) is 20.3 Å². The number of rotatable bonds is 4. The number of carbonyl (C=O) groups excluding carboxylic acids is 1. The van der Waals surface area contributed by atoms with E-state index in [1.54, 1.807) is 12.4 Å². The van der Waals surface area contributed by atoms with Gasteiger partial charge in [-0.2, -0.15) is 0 Å². The van der Waals surface area contributed by atoms with Crippen molar-refractivity contribution in [2.24, 2.45) is 0 Å². The van der Waals surface area contributed by atoms with Crippen LogP contribution >= 0.6 is 0 Å². The van der Waals surface area contributed by atoms with Crippen LogP contribution in [0.3, 0.4) is 0 Å². The summed E-state index contributed by atoms with van der Waals surface area (Å²) < 4.78 is 0. The number of anilines is 1. The van der Waals surface area contributed by atoms with Crippen molar-refractivity contribution in [2.45, 2.75) is 32.2 Å². The maximum absolute atomic E-state index is 11.5. The molecule has 3 aromatic rings. The third kappa shape index (κ3) is 3.35. The van der Waals surface area contributed by atoms with Gasteiger partial charge in [-0.15, -0.1) is 0 Å². The van der Waals surface area contributed by atoms with Gasteiger partial charge in [-0.25, -0.2) is 9.97 Å². The molecule has 6 nitrogen and oxygen atoms in total. The number of nitrogens with zero attached hydrogens (tertiary/aromatic N) is 3. The molecule has 0 aliphatic carbocycles. The van der Waals surface area contributed by atoms with E-state index in [0.717, 1.165) is 35.0 Å². The van der Waals surface area contributed by atoms with E-state index < -0.39 is 0 Å². The number of hydrogen-bond donors (Lipinski definition) is 2. The van der Waals surface area contributed by atoms with Gasteiger partial charge in [-0.3, -0.25) is 9.78 Å². The van der Waals surface area contributed by atoms with Gasteiger partial charge in [0, 0.05) is 43.2 Å². The van der Waals surface area contributed by atoms with Gasteiger partial charge in [0.1, 0.15) is 11.0 Å². The molecule has 3 heterocycles. The van der Waals surface area contributed by atoms with Crippen LogP contribution in [-0.4, -0.2) is 33.4 Å². The molecule has 1 aromatic carbocycles. The number of amides is 1. The second-order valence-corrected chi connectivity index (χ2v) is 6.68. The Kier molecular flexibility index (Phi) is 4.48. The van der Waals surface area contributed by atoms with Gasteiger partial charge < -0.3 is 10.6 Å². The Morgan fingerprint density at radius 1 is 1.12 bits per heavy atom. The molecule has 0 radical (unpaired) electrons. The lowest BCUT2D eigenvalue weighted by atomic mass is 10.0. The molecular formula is C20H21N5O. The van der Waals surface area contributed by atoms with Crippen LogP contribution in [0.4, 0.5) is 5.82 Å². The molecule has 2 N–H and O–H groups in total. The van der Waals surface area contributed by atoms with E-state index >= 15 is 0 Å². The third-order valence-electron chi connectivity index (χ3n) is 4.70. The molecule has 1 aliphatic heterocycles. The minimum absolute atomic E-state index is 0.121. The predicted octanol–water partition coefficient (Wildman–Crippen LogP) is 3.08. The van der Waals surface area contributed by atoms with Crippen molar-refractivity contribution in [3.05, 3.63) is 48.4 Å². The van der Waals surface area contributed by atoms with E-state index in [1.165, 1.54) is 5.56 Å². The first-order chi connectivity index (χ1) is 12.7. The van der Waals surface area contributed by atoms with Gasteiger partial charge in [0.05, 0.1) is 0 Å².